The Hall–Kier alpha value is -2.42. The average molecular weight is 221 g/mol. The number of anilines is 2. The lowest BCUT2D eigenvalue weighted by atomic mass is 10.2. The lowest BCUT2D eigenvalue weighted by molar-refractivity contribution is 1.30. The summed E-state index contributed by atoms with van der Waals surface area (Å²) in [5, 5.41) is 4.39. The van der Waals surface area contributed by atoms with Gasteiger partial charge in [0.2, 0.25) is 0 Å². The summed E-state index contributed by atoms with van der Waals surface area (Å²) >= 11 is 0. The lowest BCUT2D eigenvalue weighted by Gasteiger charge is -2.07. The summed E-state index contributed by atoms with van der Waals surface area (Å²) in [5.41, 5.74) is 1.93. The Bertz CT molecular complexity index is 630. The van der Waals surface area contributed by atoms with E-state index in [4.69, 9.17) is 0 Å². The number of pyridine rings is 2. The van der Waals surface area contributed by atoms with E-state index in [1.165, 1.54) is 0 Å². The van der Waals surface area contributed by atoms with Gasteiger partial charge in [-0.3, -0.25) is 4.98 Å². The molecule has 3 rings (SSSR count). The second kappa shape index (κ2) is 4.22. The number of rotatable bonds is 2. The minimum atomic E-state index is 0.825. The molecule has 0 fully saturated rings. The number of aromatic nitrogens is 2. The Labute approximate surface area is 99.2 Å². The number of nitrogens with zero attached hydrogens (tertiary/aromatic N) is 2. The minimum Gasteiger partial charge on any atom is -0.338 e. The van der Waals surface area contributed by atoms with E-state index in [9.17, 15) is 0 Å². The van der Waals surface area contributed by atoms with Crippen LogP contribution >= 0.6 is 0 Å². The highest BCUT2D eigenvalue weighted by Gasteiger charge is 2.01. The molecule has 2 aromatic heterocycles. The van der Waals surface area contributed by atoms with Gasteiger partial charge >= 0.3 is 0 Å². The van der Waals surface area contributed by atoms with Gasteiger partial charge in [-0.05, 0) is 24.3 Å². The third-order valence-electron chi connectivity index (χ3n) is 2.56. The van der Waals surface area contributed by atoms with E-state index in [0.29, 0.717) is 0 Å². The Kier molecular flexibility index (Phi) is 2.43. The topological polar surface area (TPSA) is 37.8 Å². The third kappa shape index (κ3) is 1.95. The van der Waals surface area contributed by atoms with Gasteiger partial charge in [-0.2, -0.15) is 0 Å². The number of hydrogen-bond donors (Lipinski definition) is 1. The monoisotopic (exact) mass is 221 g/mol. The van der Waals surface area contributed by atoms with Crippen LogP contribution in [0, 0.1) is 0 Å². The van der Waals surface area contributed by atoms with Crippen LogP contribution < -0.4 is 5.32 Å². The highest BCUT2D eigenvalue weighted by Crippen LogP contribution is 2.23. The summed E-state index contributed by atoms with van der Waals surface area (Å²) < 4.78 is 0. The Morgan fingerprint density at radius 3 is 2.53 bits per heavy atom. The molecule has 0 atom stereocenters. The molecule has 17 heavy (non-hydrogen) atoms. The first-order valence-electron chi connectivity index (χ1n) is 5.45. The zero-order valence-electron chi connectivity index (χ0n) is 9.17. The molecule has 82 valence electrons. The zero-order chi connectivity index (χ0) is 11.5. The molecule has 3 nitrogen and oxygen atoms in total. The van der Waals surface area contributed by atoms with Gasteiger partial charge in [0.1, 0.15) is 5.82 Å². The van der Waals surface area contributed by atoms with Crippen LogP contribution in [0.25, 0.3) is 10.9 Å². The molecule has 0 unspecified atom stereocenters. The first-order valence-corrected chi connectivity index (χ1v) is 5.45. The van der Waals surface area contributed by atoms with Gasteiger partial charge < -0.3 is 5.32 Å². The van der Waals surface area contributed by atoms with Crippen molar-refractivity contribution in [2.45, 2.75) is 0 Å². The summed E-state index contributed by atoms with van der Waals surface area (Å²) in [5.74, 6) is 0.825. The number of nitrogens with one attached hydrogen (secondary N) is 1. The van der Waals surface area contributed by atoms with Crippen LogP contribution in [0.2, 0.25) is 0 Å². The first-order chi connectivity index (χ1) is 8.43. The van der Waals surface area contributed by atoms with E-state index in [0.717, 1.165) is 22.4 Å². The Balaban J connectivity index is 2.06. The number of para-hydroxylation sites is 1. The van der Waals surface area contributed by atoms with Crippen LogP contribution in [0.4, 0.5) is 11.5 Å². The summed E-state index contributed by atoms with van der Waals surface area (Å²) in [6.45, 7) is 0. The maximum atomic E-state index is 4.39. The van der Waals surface area contributed by atoms with Gasteiger partial charge in [0.15, 0.2) is 0 Å². The van der Waals surface area contributed by atoms with Crippen molar-refractivity contribution < 1.29 is 0 Å². The van der Waals surface area contributed by atoms with Crippen LogP contribution in [0.15, 0.2) is 60.9 Å². The van der Waals surface area contributed by atoms with Crippen molar-refractivity contribution in [1.82, 2.24) is 9.97 Å². The van der Waals surface area contributed by atoms with Gasteiger partial charge in [0.05, 0.1) is 11.2 Å². The lowest BCUT2D eigenvalue weighted by Crippen LogP contribution is -1.94. The van der Waals surface area contributed by atoms with E-state index in [2.05, 4.69) is 15.3 Å². The molecular formula is C14H11N3. The van der Waals surface area contributed by atoms with E-state index < -0.39 is 0 Å². The van der Waals surface area contributed by atoms with Crippen molar-refractivity contribution in [3.05, 3.63) is 60.9 Å². The molecule has 0 saturated heterocycles. The molecule has 0 radical (unpaired) electrons. The summed E-state index contributed by atoms with van der Waals surface area (Å²) in [7, 11) is 0. The summed E-state index contributed by atoms with van der Waals surface area (Å²) in [6, 6.07) is 15.8. The van der Waals surface area contributed by atoms with Gasteiger partial charge in [-0.25, -0.2) is 4.98 Å². The third-order valence-corrected chi connectivity index (χ3v) is 2.56. The first kappa shape index (κ1) is 9.78. The van der Waals surface area contributed by atoms with Crippen LogP contribution in [0.3, 0.4) is 0 Å². The summed E-state index contributed by atoms with van der Waals surface area (Å²) in [6.07, 6.45) is 3.56. The highest BCUT2D eigenvalue weighted by atomic mass is 15.0. The number of fused-ring (bicyclic) bond motifs is 1. The minimum absolute atomic E-state index is 0.825. The number of benzene rings is 1. The predicted molar refractivity (Wildman–Crippen MR) is 69.3 cm³/mol. The fourth-order valence-corrected chi connectivity index (χ4v) is 1.78. The molecule has 2 heterocycles. The second-order valence-electron chi connectivity index (χ2n) is 3.72. The highest BCUT2D eigenvalue weighted by molar-refractivity contribution is 5.91. The SMILES string of the molecule is c1ccc(Nc2cccc3cccnc23)nc1. The Morgan fingerprint density at radius 1 is 0.765 bits per heavy atom. The normalized spacial score (nSPS) is 10.4. The standard InChI is InChI=1S/C14H11N3/c1-2-9-15-13(8-1)17-12-7-3-5-11-6-4-10-16-14(11)12/h1-10H,(H,15,17). The molecule has 0 aliphatic heterocycles. The van der Waals surface area contributed by atoms with Crippen LogP contribution in [0.1, 0.15) is 0 Å². The van der Waals surface area contributed by atoms with Crippen molar-refractivity contribution in [3.63, 3.8) is 0 Å². The van der Waals surface area contributed by atoms with Crippen LogP contribution in [-0.2, 0) is 0 Å². The second-order valence-corrected chi connectivity index (χ2v) is 3.72. The van der Waals surface area contributed by atoms with Crippen molar-refractivity contribution in [2.24, 2.45) is 0 Å². The van der Waals surface area contributed by atoms with Gasteiger partial charge in [-0.1, -0.05) is 24.3 Å². The summed E-state index contributed by atoms with van der Waals surface area (Å²) in [4.78, 5) is 8.63. The van der Waals surface area contributed by atoms with E-state index in [-0.39, 0.29) is 0 Å². The van der Waals surface area contributed by atoms with Crippen molar-refractivity contribution in [1.29, 1.82) is 0 Å². The fourth-order valence-electron chi connectivity index (χ4n) is 1.78. The van der Waals surface area contributed by atoms with E-state index in [1.54, 1.807) is 12.4 Å². The smallest absolute Gasteiger partial charge is 0.130 e. The molecule has 1 aromatic carbocycles. The molecule has 3 aromatic rings. The average Bonchev–Trinajstić information content (AvgIpc) is 2.40. The largest absolute Gasteiger partial charge is 0.338 e. The molecule has 0 spiro atoms. The van der Waals surface area contributed by atoms with Gasteiger partial charge in [-0.15, -0.1) is 0 Å². The molecule has 0 saturated carbocycles. The molecule has 0 bridgehead atoms. The van der Waals surface area contributed by atoms with E-state index >= 15 is 0 Å². The van der Waals surface area contributed by atoms with Crippen molar-refractivity contribution in [3.8, 4) is 0 Å². The van der Waals surface area contributed by atoms with Gasteiger partial charge in [0.25, 0.3) is 0 Å². The van der Waals surface area contributed by atoms with Crippen LogP contribution in [-0.4, -0.2) is 9.97 Å². The van der Waals surface area contributed by atoms with E-state index in [1.807, 2.05) is 48.5 Å². The molecular weight excluding hydrogens is 210 g/mol. The molecule has 3 heteroatoms. The zero-order valence-corrected chi connectivity index (χ0v) is 9.17. The molecule has 0 aliphatic rings. The fraction of sp³-hybridized carbons (Fsp3) is 0. The molecule has 0 amide bonds. The van der Waals surface area contributed by atoms with Crippen LogP contribution in [0.5, 0.6) is 0 Å². The number of hydrogen-bond acceptors (Lipinski definition) is 3. The maximum Gasteiger partial charge on any atom is 0.130 e. The van der Waals surface area contributed by atoms with Crippen molar-refractivity contribution in [2.75, 3.05) is 5.32 Å². The Morgan fingerprint density at radius 2 is 1.65 bits per heavy atom. The predicted octanol–water partition coefficient (Wildman–Crippen LogP) is 3.37. The molecule has 0 aliphatic carbocycles. The van der Waals surface area contributed by atoms with Gasteiger partial charge in [0, 0.05) is 17.8 Å². The quantitative estimate of drug-likeness (QED) is 0.721. The van der Waals surface area contributed by atoms with Crippen molar-refractivity contribution >= 4 is 22.4 Å². The maximum absolute atomic E-state index is 4.39. The molecule has 1 N–H and O–H groups in total.